The van der Waals surface area contributed by atoms with E-state index in [-0.39, 0.29) is 0 Å². The lowest BCUT2D eigenvalue weighted by Crippen LogP contribution is -2.60. The highest BCUT2D eigenvalue weighted by molar-refractivity contribution is 6.90. The van der Waals surface area contributed by atoms with Crippen LogP contribution in [0, 0.1) is 5.92 Å². The van der Waals surface area contributed by atoms with Gasteiger partial charge in [0.2, 0.25) is 0 Å². The number of ether oxygens (including phenoxy) is 1. The summed E-state index contributed by atoms with van der Waals surface area (Å²) < 4.78 is 25.5. The summed E-state index contributed by atoms with van der Waals surface area (Å²) in [5, 5.41) is 10.5. The molecule has 0 spiro atoms. The average Bonchev–Trinajstić information content (AvgIpc) is 2.50. The summed E-state index contributed by atoms with van der Waals surface area (Å²) in [5.41, 5.74) is 0. The van der Waals surface area contributed by atoms with Crippen LogP contribution in [0.15, 0.2) is 12.7 Å². The van der Waals surface area contributed by atoms with E-state index in [0.29, 0.717) is 18.8 Å². The first-order valence-electron chi connectivity index (χ1n) is 11.1. The van der Waals surface area contributed by atoms with E-state index in [1.807, 2.05) is 0 Å². The topological polar surface area (TPSA) is 74.2 Å². The number of rotatable bonds is 11. The van der Waals surface area contributed by atoms with Gasteiger partial charge in [-0.3, -0.25) is 0 Å². The molecule has 30 heavy (non-hydrogen) atoms. The second-order valence-corrected chi connectivity index (χ2v) is 28.3. The summed E-state index contributed by atoms with van der Waals surface area (Å²) in [6.45, 7) is 23.2. The first-order valence-corrected chi connectivity index (χ1v) is 23.2. The third-order valence-electron chi connectivity index (χ3n) is 4.54. The van der Waals surface area contributed by atoms with E-state index in [1.165, 1.54) is 0 Å². The van der Waals surface area contributed by atoms with Crippen LogP contribution in [0.5, 0.6) is 0 Å². The normalized spacial score (nSPS) is 23.9. The molecule has 0 aromatic rings. The van der Waals surface area contributed by atoms with Crippen molar-refractivity contribution in [3.63, 3.8) is 0 Å². The second-order valence-electron chi connectivity index (χ2n) is 11.3. The first-order chi connectivity index (χ1) is 13.4. The second kappa shape index (κ2) is 10.7. The van der Waals surface area contributed by atoms with Crippen LogP contribution in [0.25, 0.3) is 0 Å². The van der Waals surface area contributed by atoms with Gasteiger partial charge >= 0.3 is 14.8 Å². The van der Waals surface area contributed by atoms with Gasteiger partial charge in [-0.1, -0.05) is 6.58 Å². The maximum atomic E-state index is 11.5. The summed E-state index contributed by atoms with van der Waals surface area (Å²) in [4.78, 5) is 11.5. The maximum Gasteiger partial charge on any atom is 0.469 e. The van der Waals surface area contributed by atoms with Crippen molar-refractivity contribution >= 4 is 39.7 Å². The van der Waals surface area contributed by atoms with Crippen molar-refractivity contribution in [2.75, 3.05) is 0 Å². The zero-order chi connectivity index (χ0) is 23.4. The SMILES string of the molecule is C=CC(=O)OC1CCC(CC[Si](O[Si](C)(C)C)(O[Si](C)(C)C)O[Si](C)(C)C)CC1O. The van der Waals surface area contributed by atoms with Crippen LogP contribution in [0.3, 0.4) is 0 Å². The van der Waals surface area contributed by atoms with Gasteiger partial charge in [0.05, 0.1) is 6.10 Å². The van der Waals surface area contributed by atoms with E-state index in [1.54, 1.807) is 0 Å². The Morgan fingerprint density at radius 3 is 1.77 bits per heavy atom. The largest absolute Gasteiger partial charge is 0.469 e. The number of aliphatic hydroxyl groups excluding tert-OH is 1. The van der Waals surface area contributed by atoms with Gasteiger partial charge in [0.1, 0.15) is 6.10 Å². The summed E-state index contributed by atoms with van der Waals surface area (Å²) in [7, 11) is -8.51. The minimum Gasteiger partial charge on any atom is -0.456 e. The molecule has 0 bridgehead atoms. The van der Waals surface area contributed by atoms with E-state index in [4.69, 9.17) is 17.1 Å². The molecule has 6 nitrogen and oxygen atoms in total. The van der Waals surface area contributed by atoms with E-state index in [0.717, 1.165) is 25.0 Å². The van der Waals surface area contributed by atoms with Crippen molar-refractivity contribution in [3.8, 4) is 0 Å². The Labute approximate surface area is 188 Å². The molecule has 0 amide bonds. The molecule has 1 aliphatic carbocycles. The zero-order valence-corrected chi connectivity index (χ0v) is 24.5. The van der Waals surface area contributed by atoms with Crippen molar-refractivity contribution in [1.82, 2.24) is 0 Å². The van der Waals surface area contributed by atoms with Crippen molar-refractivity contribution in [1.29, 1.82) is 0 Å². The molecule has 0 saturated heterocycles. The van der Waals surface area contributed by atoms with Gasteiger partial charge in [-0.05, 0) is 90.5 Å². The number of aliphatic hydroxyl groups is 1. The summed E-state index contributed by atoms with van der Waals surface area (Å²) in [5.74, 6) is -0.134. The van der Waals surface area contributed by atoms with E-state index in [2.05, 4.69) is 65.5 Å². The smallest absolute Gasteiger partial charge is 0.456 e. The predicted octanol–water partition coefficient (Wildman–Crippen LogP) is 5.13. The molecule has 10 heteroatoms. The molecule has 176 valence electrons. The van der Waals surface area contributed by atoms with Gasteiger partial charge in [-0.2, -0.15) is 0 Å². The van der Waals surface area contributed by atoms with Crippen molar-refractivity contribution in [2.45, 2.75) is 103 Å². The standard InChI is InChI=1S/C20H44O6Si4/c1-11-20(22)23-19-13-12-17(16-18(19)21)14-15-30(24-27(2,3)4,25-28(5,6)7)26-29(8,9)10/h11,17-19,21H,1,12-16H2,2-10H3. The fourth-order valence-corrected chi connectivity index (χ4v) is 18.6. The van der Waals surface area contributed by atoms with Crippen LogP contribution in [0.2, 0.25) is 65.0 Å². The minimum absolute atomic E-state index is 0.339. The van der Waals surface area contributed by atoms with Gasteiger partial charge in [0.25, 0.3) is 0 Å². The number of hydrogen-bond donors (Lipinski definition) is 1. The average molecular weight is 493 g/mol. The lowest BCUT2D eigenvalue weighted by molar-refractivity contribution is -0.152. The molecule has 0 radical (unpaired) electrons. The van der Waals surface area contributed by atoms with Crippen LogP contribution < -0.4 is 0 Å². The minimum atomic E-state index is -2.85. The molecule has 1 aliphatic rings. The van der Waals surface area contributed by atoms with Gasteiger partial charge in [0, 0.05) is 12.1 Å². The fourth-order valence-electron chi connectivity index (χ4n) is 3.80. The zero-order valence-electron chi connectivity index (χ0n) is 20.5. The van der Waals surface area contributed by atoms with Crippen molar-refractivity contribution in [3.05, 3.63) is 12.7 Å². The predicted molar refractivity (Wildman–Crippen MR) is 132 cm³/mol. The summed E-state index contributed by atoms with van der Waals surface area (Å²) in [6, 6.07) is 0.778. The van der Waals surface area contributed by atoms with E-state index >= 15 is 0 Å². The molecular weight excluding hydrogens is 449 g/mol. The molecule has 1 rings (SSSR count). The molecule has 1 fully saturated rings. The third kappa shape index (κ3) is 11.0. The molecule has 3 unspecified atom stereocenters. The Morgan fingerprint density at radius 2 is 1.40 bits per heavy atom. The van der Waals surface area contributed by atoms with Gasteiger partial charge in [-0.15, -0.1) is 0 Å². The van der Waals surface area contributed by atoms with Crippen LogP contribution in [0.1, 0.15) is 25.7 Å². The van der Waals surface area contributed by atoms with E-state index < -0.39 is 51.9 Å². The summed E-state index contributed by atoms with van der Waals surface area (Å²) in [6.07, 6.45) is 3.15. The lowest BCUT2D eigenvalue weighted by atomic mass is 9.84. The van der Waals surface area contributed by atoms with Crippen LogP contribution in [0.4, 0.5) is 0 Å². The Morgan fingerprint density at radius 1 is 0.933 bits per heavy atom. The maximum absolute atomic E-state index is 11.5. The molecular formula is C20H44O6Si4. The van der Waals surface area contributed by atoms with Gasteiger partial charge in [0.15, 0.2) is 25.0 Å². The Kier molecular flexibility index (Phi) is 9.96. The monoisotopic (exact) mass is 492 g/mol. The molecule has 0 aliphatic heterocycles. The van der Waals surface area contributed by atoms with Crippen LogP contribution >= 0.6 is 0 Å². The lowest BCUT2D eigenvalue weighted by Gasteiger charge is -2.43. The molecule has 1 N–H and O–H groups in total. The summed E-state index contributed by atoms with van der Waals surface area (Å²) >= 11 is 0. The van der Waals surface area contributed by atoms with Gasteiger partial charge < -0.3 is 22.2 Å². The molecule has 0 aromatic carbocycles. The quantitative estimate of drug-likeness (QED) is 0.245. The van der Waals surface area contributed by atoms with Crippen LogP contribution in [-0.4, -0.2) is 57.0 Å². The number of carbonyl (C=O) groups is 1. The van der Waals surface area contributed by atoms with Gasteiger partial charge in [-0.25, -0.2) is 4.79 Å². The van der Waals surface area contributed by atoms with Crippen LogP contribution in [-0.2, 0) is 21.9 Å². The van der Waals surface area contributed by atoms with Crippen molar-refractivity contribution in [2.24, 2.45) is 5.92 Å². The Hall–Kier alpha value is -0.0825. The van der Waals surface area contributed by atoms with Crippen molar-refractivity contribution < 1.29 is 27.0 Å². The highest BCUT2D eigenvalue weighted by atomic mass is 28.5. The molecule has 1 saturated carbocycles. The molecule has 0 heterocycles. The molecule has 0 aromatic heterocycles. The van der Waals surface area contributed by atoms with E-state index in [9.17, 15) is 9.90 Å². The first kappa shape index (κ1) is 28.0. The number of esters is 1. The Bertz CT molecular complexity index is 539. The molecule has 3 atom stereocenters. The fraction of sp³-hybridized carbons (Fsp3) is 0.850. The number of carbonyl (C=O) groups excluding carboxylic acids is 1. The number of hydrogen-bond acceptors (Lipinski definition) is 6. The highest BCUT2D eigenvalue weighted by Crippen LogP contribution is 2.35. The highest BCUT2D eigenvalue weighted by Gasteiger charge is 2.50. The Balaban J connectivity index is 2.93. The third-order valence-corrected chi connectivity index (χ3v) is 16.5.